The fourth-order valence-electron chi connectivity index (χ4n) is 7.24. The van der Waals surface area contributed by atoms with E-state index in [4.69, 9.17) is 15.0 Å². The van der Waals surface area contributed by atoms with E-state index in [1.807, 2.05) is 36.4 Å². The van der Waals surface area contributed by atoms with Crippen molar-refractivity contribution in [3.05, 3.63) is 170 Å². The monoisotopic (exact) mass is 624 g/mol. The molecule has 0 spiro atoms. The molecule has 0 bridgehead atoms. The van der Waals surface area contributed by atoms with Gasteiger partial charge in [-0.2, -0.15) is 0 Å². The molecule has 0 amide bonds. The summed E-state index contributed by atoms with van der Waals surface area (Å²) in [4.78, 5) is 15.0. The van der Waals surface area contributed by atoms with Gasteiger partial charge in [-0.1, -0.05) is 146 Å². The second kappa shape index (κ2) is 11.0. The van der Waals surface area contributed by atoms with E-state index in [9.17, 15) is 0 Å². The van der Waals surface area contributed by atoms with Crippen molar-refractivity contribution in [2.24, 2.45) is 0 Å². The minimum absolute atomic E-state index is 0.645. The van der Waals surface area contributed by atoms with Crippen LogP contribution < -0.4 is 0 Å². The summed E-state index contributed by atoms with van der Waals surface area (Å²) in [7, 11) is 0. The van der Waals surface area contributed by atoms with Gasteiger partial charge in [0.2, 0.25) is 0 Å². The first-order valence-electron chi connectivity index (χ1n) is 16.5. The van der Waals surface area contributed by atoms with Gasteiger partial charge >= 0.3 is 0 Å². The molecule has 0 aliphatic carbocycles. The number of nitrogens with zero attached hydrogens (tertiary/aromatic N) is 4. The van der Waals surface area contributed by atoms with Crippen LogP contribution in [0.3, 0.4) is 0 Å². The maximum absolute atomic E-state index is 5.04. The summed E-state index contributed by atoms with van der Waals surface area (Å²) >= 11 is 0. The average Bonchev–Trinajstić information content (AvgIpc) is 3.71. The van der Waals surface area contributed by atoms with Gasteiger partial charge in [0.05, 0.1) is 16.6 Å². The highest BCUT2D eigenvalue weighted by Crippen LogP contribution is 2.40. The topological polar surface area (TPSA) is 43.1 Å². The van der Waals surface area contributed by atoms with Crippen molar-refractivity contribution in [3.63, 3.8) is 0 Å². The van der Waals surface area contributed by atoms with Crippen molar-refractivity contribution in [2.75, 3.05) is 0 Å². The predicted molar refractivity (Wildman–Crippen MR) is 202 cm³/mol. The highest BCUT2D eigenvalue weighted by Gasteiger charge is 2.18. The van der Waals surface area contributed by atoms with Crippen LogP contribution in [0.15, 0.2) is 170 Å². The largest absolute Gasteiger partial charge is 0.308 e. The normalized spacial score (nSPS) is 11.7. The number of hydrogen-bond acceptors (Lipinski definition) is 3. The number of benzene rings is 7. The lowest BCUT2D eigenvalue weighted by Crippen LogP contribution is -2.00. The van der Waals surface area contributed by atoms with Crippen LogP contribution in [-0.4, -0.2) is 19.4 Å². The first-order chi connectivity index (χ1) is 24.3. The van der Waals surface area contributed by atoms with Gasteiger partial charge < -0.3 is 4.40 Å². The highest BCUT2D eigenvalue weighted by atomic mass is 15.0. The van der Waals surface area contributed by atoms with Crippen LogP contribution in [0, 0.1) is 0 Å². The molecule has 49 heavy (non-hydrogen) atoms. The number of aromatic nitrogens is 4. The molecule has 10 aromatic rings. The third kappa shape index (κ3) is 4.49. The predicted octanol–water partition coefficient (Wildman–Crippen LogP) is 11.4. The second-order valence-electron chi connectivity index (χ2n) is 12.5. The molecule has 0 radical (unpaired) electrons. The third-order valence-electron chi connectivity index (χ3n) is 9.59. The summed E-state index contributed by atoms with van der Waals surface area (Å²) < 4.78 is 2.42. The van der Waals surface area contributed by atoms with Crippen LogP contribution in [0.2, 0.25) is 0 Å². The molecule has 7 aromatic carbocycles. The van der Waals surface area contributed by atoms with Crippen molar-refractivity contribution in [2.45, 2.75) is 0 Å². The smallest absolute Gasteiger partial charge is 0.164 e. The lowest BCUT2D eigenvalue weighted by molar-refractivity contribution is 1.07. The van der Waals surface area contributed by atoms with Gasteiger partial charge in [0.25, 0.3) is 0 Å². The van der Waals surface area contributed by atoms with Crippen LogP contribution in [-0.2, 0) is 0 Å². The van der Waals surface area contributed by atoms with E-state index in [1.54, 1.807) is 0 Å². The van der Waals surface area contributed by atoms with Crippen molar-refractivity contribution >= 4 is 38.1 Å². The van der Waals surface area contributed by atoms with E-state index >= 15 is 0 Å². The molecule has 0 saturated carbocycles. The molecule has 4 nitrogen and oxygen atoms in total. The summed E-state index contributed by atoms with van der Waals surface area (Å²) in [6.45, 7) is 0. The molecule has 10 rings (SSSR count). The molecule has 0 unspecified atom stereocenters. The molecule has 3 aromatic heterocycles. The van der Waals surface area contributed by atoms with Gasteiger partial charge in [0.15, 0.2) is 17.5 Å². The minimum Gasteiger partial charge on any atom is -0.308 e. The highest BCUT2D eigenvalue weighted by molar-refractivity contribution is 6.23. The Balaban J connectivity index is 1.09. The van der Waals surface area contributed by atoms with E-state index in [-0.39, 0.29) is 0 Å². The molecule has 0 N–H and O–H groups in total. The van der Waals surface area contributed by atoms with E-state index in [2.05, 4.69) is 138 Å². The first-order valence-corrected chi connectivity index (χ1v) is 16.5. The fraction of sp³-hybridized carbons (Fsp3) is 0. The van der Waals surface area contributed by atoms with Crippen LogP contribution in [0.1, 0.15) is 0 Å². The molecule has 4 heteroatoms. The second-order valence-corrected chi connectivity index (χ2v) is 12.5. The molecular weight excluding hydrogens is 597 g/mol. The van der Waals surface area contributed by atoms with E-state index < -0.39 is 0 Å². The molecule has 0 saturated heterocycles. The maximum Gasteiger partial charge on any atom is 0.164 e. The van der Waals surface area contributed by atoms with Crippen molar-refractivity contribution in [3.8, 4) is 56.4 Å². The summed E-state index contributed by atoms with van der Waals surface area (Å²) in [5.74, 6) is 1.94. The van der Waals surface area contributed by atoms with Gasteiger partial charge in [0, 0.05) is 38.2 Å². The fourth-order valence-corrected chi connectivity index (χ4v) is 7.24. The standard InChI is InChI=1S/C45H28N4/c1-3-11-29(12-4-1)30-21-23-32(24-22-30)44-46-43(31-13-5-2-6-14-31)47-45(48-44)35-16-9-15-33(27-35)34-25-26-41-39(28-34)38-19-10-18-37-36-17-7-8-20-40(36)49(41)42(37)38/h1-28H. The van der Waals surface area contributed by atoms with Crippen LogP contribution in [0.5, 0.6) is 0 Å². The van der Waals surface area contributed by atoms with Crippen molar-refractivity contribution < 1.29 is 0 Å². The molecule has 228 valence electrons. The Bertz CT molecular complexity index is 2800. The minimum atomic E-state index is 0.645. The van der Waals surface area contributed by atoms with Crippen LogP contribution in [0.25, 0.3) is 94.5 Å². The molecule has 0 atom stereocenters. The van der Waals surface area contributed by atoms with Crippen molar-refractivity contribution in [1.82, 2.24) is 19.4 Å². The Labute approximate surface area is 283 Å². The number of para-hydroxylation sites is 2. The SMILES string of the molecule is c1ccc(-c2ccc(-c3nc(-c4ccccc4)nc(-c4cccc(-c5ccc6c(c5)c5cccc7c8ccccc8n6c75)c4)n3)cc2)cc1. The van der Waals surface area contributed by atoms with E-state index in [0.29, 0.717) is 17.5 Å². The number of fused-ring (bicyclic) bond motifs is 6. The Morgan fingerprint density at radius 2 is 0.735 bits per heavy atom. The van der Waals surface area contributed by atoms with Gasteiger partial charge in [-0.15, -0.1) is 0 Å². The van der Waals surface area contributed by atoms with Crippen LogP contribution in [0.4, 0.5) is 0 Å². The molecule has 0 aliphatic heterocycles. The zero-order valence-corrected chi connectivity index (χ0v) is 26.5. The average molecular weight is 625 g/mol. The van der Waals surface area contributed by atoms with Crippen LogP contribution >= 0.6 is 0 Å². The van der Waals surface area contributed by atoms with Gasteiger partial charge in [-0.25, -0.2) is 15.0 Å². The Morgan fingerprint density at radius 3 is 1.49 bits per heavy atom. The summed E-state index contributed by atoms with van der Waals surface area (Å²) in [5.41, 5.74) is 11.2. The lowest BCUT2D eigenvalue weighted by Gasteiger charge is -2.10. The number of hydrogen-bond donors (Lipinski definition) is 0. The Kier molecular flexibility index (Phi) is 6.15. The van der Waals surface area contributed by atoms with E-state index in [1.165, 1.54) is 43.7 Å². The Hall–Kier alpha value is -6.65. The van der Waals surface area contributed by atoms with Gasteiger partial charge in [-0.3, -0.25) is 0 Å². The third-order valence-corrected chi connectivity index (χ3v) is 9.59. The van der Waals surface area contributed by atoms with E-state index in [0.717, 1.165) is 33.4 Å². The molecule has 0 aliphatic rings. The zero-order chi connectivity index (χ0) is 32.3. The molecule has 0 fully saturated rings. The summed E-state index contributed by atoms with van der Waals surface area (Å²) in [5, 5.41) is 5.11. The zero-order valence-electron chi connectivity index (χ0n) is 26.5. The maximum atomic E-state index is 5.04. The van der Waals surface area contributed by atoms with Gasteiger partial charge in [-0.05, 0) is 46.5 Å². The lowest BCUT2D eigenvalue weighted by atomic mass is 10.00. The first kappa shape index (κ1) is 27.5. The molecule has 3 heterocycles. The Morgan fingerprint density at radius 1 is 0.286 bits per heavy atom. The summed E-state index contributed by atoms with van der Waals surface area (Å²) in [6, 6.07) is 59.7. The number of rotatable bonds is 5. The quantitative estimate of drug-likeness (QED) is 0.191. The van der Waals surface area contributed by atoms with Crippen molar-refractivity contribution in [1.29, 1.82) is 0 Å². The summed E-state index contributed by atoms with van der Waals surface area (Å²) in [6.07, 6.45) is 0. The molecular formula is C45H28N4. The van der Waals surface area contributed by atoms with Gasteiger partial charge in [0.1, 0.15) is 0 Å².